The summed E-state index contributed by atoms with van der Waals surface area (Å²) in [7, 11) is -3.87. The molecule has 0 fully saturated rings. The number of fused-ring (bicyclic) bond motifs is 2. The van der Waals surface area contributed by atoms with Gasteiger partial charge in [-0.15, -0.1) is 0 Å². The molecule has 0 saturated heterocycles. The molecule has 0 saturated carbocycles. The number of H-pyrrole nitrogens is 1. The van der Waals surface area contributed by atoms with Gasteiger partial charge in [0, 0.05) is 23.0 Å². The Morgan fingerprint density at radius 2 is 1.50 bits per heavy atom. The number of para-hydroxylation sites is 2. The molecule has 0 aliphatic carbocycles. The molecule has 5 nitrogen and oxygen atoms in total. The molecule has 6 heteroatoms. The van der Waals surface area contributed by atoms with E-state index in [0.717, 1.165) is 22.0 Å². The summed E-state index contributed by atoms with van der Waals surface area (Å²) in [4.78, 5) is 3.49. The summed E-state index contributed by atoms with van der Waals surface area (Å²) in [5.74, 6) is 0. The van der Waals surface area contributed by atoms with Crippen molar-refractivity contribution >= 4 is 31.8 Å². The lowest BCUT2D eigenvalue weighted by molar-refractivity contribution is 0.172. The Hall–Kier alpha value is -3.35. The molecule has 1 atom stereocenters. The first kappa shape index (κ1) is 18.7. The summed E-state index contributed by atoms with van der Waals surface area (Å²) in [6.07, 6.45) is -0.723. The minimum atomic E-state index is -3.87. The summed E-state index contributed by atoms with van der Waals surface area (Å²) in [6.45, 7) is 0. The summed E-state index contributed by atoms with van der Waals surface area (Å²) in [5, 5.41) is 12.9. The third kappa shape index (κ3) is 3.10. The van der Waals surface area contributed by atoms with Gasteiger partial charge in [0.05, 0.1) is 16.1 Å². The molecule has 0 amide bonds. The molecule has 2 heterocycles. The van der Waals surface area contributed by atoms with Crippen LogP contribution in [0.5, 0.6) is 0 Å². The fraction of sp³-hybridized carbons (Fsp3) is 0.0833. The second-order valence-electron chi connectivity index (χ2n) is 7.31. The van der Waals surface area contributed by atoms with Crippen LogP contribution in [0.4, 0.5) is 0 Å². The number of benzene rings is 3. The molecule has 5 rings (SSSR count). The van der Waals surface area contributed by atoms with E-state index < -0.39 is 16.1 Å². The van der Waals surface area contributed by atoms with Gasteiger partial charge in [-0.25, -0.2) is 12.4 Å². The van der Waals surface area contributed by atoms with E-state index >= 15 is 0 Å². The monoisotopic (exact) mass is 416 g/mol. The van der Waals surface area contributed by atoms with Crippen LogP contribution < -0.4 is 0 Å². The van der Waals surface area contributed by atoms with E-state index in [1.54, 1.807) is 48.5 Å². The van der Waals surface area contributed by atoms with Gasteiger partial charge < -0.3 is 10.1 Å². The molecule has 0 bridgehead atoms. The zero-order chi connectivity index (χ0) is 20.7. The van der Waals surface area contributed by atoms with Crippen molar-refractivity contribution in [1.29, 1.82) is 0 Å². The molecular weight excluding hydrogens is 396 g/mol. The van der Waals surface area contributed by atoms with E-state index in [4.69, 9.17) is 0 Å². The first-order valence-corrected chi connectivity index (χ1v) is 11.1. The van der Waals surface area contributed by atoms with Crippen LogP contribution in [0.2, 0.25) is 0 Å². The molecule has 1 unspecified atom stereocenters. The predicted molar refractivity (Wildman–Crippen MR) is 118 cm³/mol. The maximum atomic E-state index is 13.5. The Kier molecular flexibility index (Phi) is 4.46. The molecule has 3 aromatic carbocycles. The number of nitrogens with one attached hydrogen (secondary N) is 1. The SMILES string of the molecule is O=S(=O)(c1ccccc1)n1c(C(O)Cc2cc3ccccc3[nH]2)cc2ccccc21. The van der Waals surface area contributed by atoms with Crippen molar-refractivity contribution in [2.75, 3.05) is 0 Å². The zero-order valence-corrected chi connectivity index (χ0v) is 16.9. The van der Waals surface area contributed by atoms with Crippen LogP contribution in [-0.4, -0.2) is 22.5 Å². The van der Waals surface area contributed by atoms with Gasteiger partial charge in [-0.1, -0.05) is 54.6 Å². The van der Waals surface area contributed by atoms with Crippen molar-refractivity contribution in [3.8, 4) is 0 Å². The Morgan fingerprint density at radius 1 is 0.833 bits per heavy atom. The van der Waals surface area contributed by atoms with Crippen LogP contribution in [0.1, 0.15) is 17.5 Å². The van der Waals surface area contributed by atoms with Crippen LogP contribution in [0.15, 0.2) is 95.9 Å². The molecule has 30 heavy (non-hydrogen) atoms. The van der Waals surface area contributed by atoms with Gasteiger partial charge in [0.15, 0.2) is 0 Å². The molecule has 0 spiro atoms. The minimum Gasteiger partial charge on any atom is -0.386 e. The second-order valence-corrected chi connectivity index (χ2v) is 9.10. The lowest BCUT2D eigenvalue weighted by Crippen LogP contribution is -2.18. The number of aromatic amines is 1. The quantitative estimate of drug-likeness (QED) is 0.438. The molecular formula is C24H20N2O3S. The van der Waals surface area contributed by atoms with Crippen LogP contribution in [-0.2, 0) is 16.4 Å². The highest BCUT2D eigenvalue weighted by atomic mass is 32.2. The topological polar surface area (TPSA) is 75.1 Å². The van der Waals surface area contributed by atoms with E-state index in [1.165, 1.54) is 3.97 Å². The zero-order valence-electron chi connectivity index (χ0n) is 16.1. The first-order valence-electron chi connectivity index (χ1n) is 9.70. The molecule has 2 N–H and O–H groups in total. The van der Waals surface area contributed by atoms with Gasteiger partial charge in [-0.05, 0) is 41.8 Å². The molecule has 2 aromatic heterocycles. The van der Waals surface area contributed by atoms with Gasteiger partial charge in [0.25, 0.3) is 10.0 Å². The number of aliphatic hydroxyl groups is 1. The van der Waals surface area contributed by atoms with Crippen LogP contribution in [0.3, 0.4) is 0 Å². The highest BCUT2D eigenvalue weighted by molar-refractivity contribution is 7.90. The Morgan fingerprint density at radius 3 is 2.27 bits per heavy atom. The first-order chi connectivity index (χ1) is 14.5. The molecule has 0 aliphatic heterocycles. The van der Waals surface area contributed by atoms with Gasteiger partial charge in [-0.3, -0.25) is 0 Å². The lowest BCUT2D eigenvalue weighted by atomic mass is 10.1. The standard InChI is InChI=1S/C24H20N2O3S/c27-24(16-19-14-17-8-4-6-12-21(17)25-19)23-15-18-9-5-7-13-22(18)26(23)30(28,29)20-10-2-1-3-11-20/h1-15,24-25,27H,16H2. The molecule has 150 valence electrons. The third-order valence-electron chi connectivity index (χ3n) is 5.32. The largest absolute Gasteiger partial charge is 0.386 e. The van der Waals surface area contributed by atoms with E-state index in [0.29, 0.717) is 11.2 Å². The summed E-state index contributed by atoms with van der Waals surface area (Å²) < 4.78 is 28.2. The van der Waals surface area contributed by atoms with E-state index in [-0.39, 0.29) is 11.3 Å². The summed E-state index contributed by atoms with van der Waals surface area (Å²) in [5.41, 5.74) is 2.72. The number of aliphatic hydroxyl groups excluding tert-OH is 1. The maximum absolute atomic E-state index is 13.5. The van der Waals surface area contributed by atoms with Crippen molar-refractivity contribution < 1.29 is 13.5 Å². The number of rotatable bonds is 5. The average molecular weight is 417 g/mol. The van der Waals surface area contributed by atoms with Crippen molar-refractivity contribution in [1.82, 2.24) is 8.96 Å². The van der Waals surface area contributed by atoms with Gasteiger partial charge in [0.2, 0.25) is 0 Å². The second kappa shape index (κ2) is 7.16. The predicted octanol–water partition coefficient (Wildman–Crippen LogP) is 4.64. The normalized spacial score (nSPS) is 13.1. The van der Waals surface area contributed by atoms with Crippen LogP contribution >= 0.6 is 0 Å². The Bertz CT molecular complexity index is 1420. The summed E-state index contributed by atoms with van der Waals surface area (Å²) >= 11 is 0. The summed E-state index contributed by atoms with van der Waals surface area (Å²) in [6, 6.07) is 27.2. The van der Waals surface area contributed by atoms with E-state index in [1.807, 2.05) is 42.5 Å². The molecule has 5 aromatic rings. The third-order valence-corrected chi connectivity index (χ3v) is 7.07. The number of hydrogen-bond donors (Lipinski definition) is 2. The Balaban J connectivity index is 1.63. The van der Waals surface area contributed by atoms with E-state index in [2.05, 4.69) is 4.98 Å². The average Bonchev–Trinajstić information content (AvgIpc) is 3.35. The van der Waals surface area contributed by atoms with Crippen molar-refractivity contribution in [2.24, 2.45) is 0 Å². The Labute approximate surface area is 174 Å². The maximum Gasteiger partial charge on any atom is 0.268 e. The van der Waals surface area contributed by atoms with Crippen LogP contribution in [0, 0.1) is 0 Å². The number of hydrogen-bond acceptors (Lipinski definition) is 3. The fourth-order valence-corrected chi connectivity index (χ4v) is 5.49. The highest BCUT2D eigenvalue weighted by Crippen LogP contribution is 2.31. The van der Waals surface area contributed by atoms with E-state index in [9.17, 15) is 13.5 Å². The van der Waals surface area contributed by atoms with Gasteiger partial charge in [0.1, 0.15) is 6.10 Å². The van der Waals surface area contributed by atoms with Gasteiger partial charge in [-0.2, -0.15) is 0 Å². The minimum absolute atomic E-state index is 0.186. The van der Waals surface area contributed by atoms with Crippen molar-refractivity contribution in [3.05, 3.63) is 102 Å². The highest BCUT2D eigenvalue weighted by Gasteiger charge is 2.26. The van der Waals surface area contributed by atoms with Gasteiger partial charge >= 0.3 is 0 Å². The van der Waals surface area contributed by atoms with Crippen molar-refractivity contribution in [2.45, 2.75) is 17.4 Å². The van der Waals surface area contributed by atoms with Crippen molar-refractivity contribution in [3.63, 3.8) is 0 Å². The number of nitrogens with zero attached hydrogens (tertiary/aromatic N) is 1. The smallest absolute Gasteiger partial charge is 0.268 e. The fourth-order valence-electron chi connectivity index (χ4n) is 3.91. The molecule has 0 aliphatic rings. The van der Waals surface area contributed by atoms with Crippen LogP contribution in [0.25, 0.3) is 21.8 Å². The molecule has 0 radical (unpaired) electrons. The lowest BCUT2D eigenvalue weighted by Gasteiger charge is -2.16. The number of aromatic nitrogens is 2.